The summed E-state index contributed by atoms with van der Waals surface area (Å²) in [7, 11) is 1.68. The zero-order valence-electron chi connectivity index (χ0n) is 15.5. The predicted octanol–water partition coefficient (Wildman–Crippen LogP) is 5.24. The molecule has 0 atom stereocenters. The third-order valence-electron chi connectivity index (χ3n) is 4.24. The average Bonchev–Trinajstić information content (AvgIpc) is 3.18. The van der Waals surface area contributed by atoms with E-state index >= 15 is 0 Å². The van der Waals surface area contributed by atoms with Crippen molar-refractivity contribution in [1.82, 2.24) is 4.98 Å². The number of ether oxygens (including phenoxy) is 1. The smallest absolute Gasteiger partial charge is 0.229 e. The highest BCUT2D eigenvalue weighted by Crippen LogP contribution is 2.36. The van der Waals surface area contributed by atoms with Crippen LogP contribution in [-0.4, -0.2) is 36.6 Å². The van der Waals surface area contributed by atoms with Crippen LogP contribution in [-0.2, 0) is 4.79 Å². The Hall–Kier alpha value is -2.31. The molecule has 3 aromatic rings. The molecule has 0 bridgehead atoms. The van der Waals surface area contributed by atoms with Crippen LogP contribution in [0, 0.1) is 0 Å². The number of carbonyl (C=O) groups is 1. The van der Waals surface area contributed by atoms with Crippen molar-refractivity contribution in [2.75, 3.05) is 30.6 Å². The number of rotatable bonds is 8. The normalized spacial score (nSPS) is 10.7. The molecule has 0 N–H and O–H groups in total. The minimum absolute atomic E-state index is 0.0738. The van der Waals surface area contributed by atoms with Gasteiger partial charge in [-0.1, -0.05) is 30.3 Å². The minimum atomic E-state index is 0.0738. The lowest BCUT2D eigenvalue weighted by Gasteiger charge is -2.17. The van der Waals surface area contributed by atoms with Crippen LogP contribution in [0.15, 0.2) is 54.4 Å². The van der Waals surface area contributed by atoms with E-state index in [0.29, 0.717) is 18.1 Å². The van der Waals surface area contributed by atoms with Crippen molar-refractivity contribution in [3.8, 4) is 17.0 Å². The second-order valence-electron chi connectivity index (χ2n) is 5.91. The molecule has 3 rings (SSSR count). The second-order valence-corrected chi connectivity index (χ2v) is 7.73. The van der Waals surface area contributed by atoms with Gasteiger partial charge >= 0.3 is 0 Å². The quantitative estimate of drug-likeness (QED) is 0.486. The van der Waals surface area contributed by atoms with E-state index in [0.717, 1.165) is 33.5 Å². The molecule has 1 aromatic heterocycles. The fourth-order valence-corrected chi connectivity index (χ4v) is 4.15. The molecule has 140 valence electrons. The molecule has 0 aliphatic heterocycles. The van der Waals surface area contributed by atoms with Crippen LogP contribution in [0.5, 0.6) is 5.75 Å². The Balaban J connectivity index is 1.99. The van der Waals surface area contributed by atoms with Crippen LogP contribution < -0.4 is 9.64 Å². The molecular weight excluding hydrogens is 376 g/mol. The van der Waals surface area contributed by atoms with Gasteiger partial charge in [0.25, 0.3) is 0 Å². The summed E-state index contributed by atoms with van der Waals surface area (Å²) in [5, 5.41) is 4.83. The molecule has 0 saturated heterocycles. The van der Waals surface area contributed by atoms with Crippen molar-refractivity contribution >= 4 is 44.9 Å². The minimum Gasteiger partial charge on any atom is -0.496 e. The second kappa shape index (κ2) is 9.06. The molecule has 0 aliphatic rings. The van der Waals surface area contributed by atoms with Crippen molar-refractivity contribution in [3.63, 3.8) is 0 Å². The van der Waals surface area contributed by atoms with E-state index in [1.807, 2.05) is 42.0 Å². The number of carbonyl (C=O) groups excluding carboxylic acids is 1. The third-order valence-corrected chi connectivity index (χ3v) is 5.71. The molecule has 27 heavy (non-hydrogen) atoms. The number of nitrogens with zero attached hydrogens (tertiary/aromatic N) is 2. The number of fused-ring (bicyclic) bond motifs is 1. The van der Waals surface area contributed by atoms with E-state index in [-0.39, 0.29) is 5.91 Å². The Morgan fingerprint density at radius 2 is 2.07 bits per heavy atom. The lowest BCUT2D eigenvalue weighted by Crippen LogP contribution is -2.31. The van der Waals surface area contributed by atoms with E-state index in [9.17, 15) is 4.79 Å². The van der Waals surface area contributed by atoms with Crippen molar-refractivity contribution in [3.05, 3.63) is 54.4 Å². The number of amides is 1. The number of aromatic nitrogens is 1. The van der Waals surface area contributed by atoms with Gasteiger partial charge in [0.05, 0.1) is 12.8 Å². The first-order valence-corrected chi connectivity index (χ1v) is 10.9. The Morgan fingerprint density at radius 3 is 2.78 bits per heavy atom. The Labute approximate surface area is 167 Å². The molecule has 4 nitrogen and oxygen atoms in total. The van der Waals surface area contributed by atoms with Gasteiger partial charge in [-0.25, -0.2) is 4.98 Å². The SMILES string of the molecule is C=CCN(C(=O)CCSC)c1nc(-c2ccc(OC)c3ccccc23)cs1. The number of methoxy groups -OCH3 is 1. The summed E-state index contributed by atoms with van der Waals surface area (Å²) in [4.78, 5) is 19.0. The summed E-state index contributed by atoms with van der Waals surface area (Å²) in [5.74, 6) is 1.71. The molecule has 0 spiro atoms. The number of anilines is 1. The first kappa shape index (κ1) is 19.5. The number of thioether (sulfide) groups is 1. The zero-order chi connectivity index (χ0) is 19.2. The monoisotopic (exact) mass is 398 g/mol. The van der Waals surface area contributed by atoms with Crippen LogP contribution in [0.1, 0.15) is 6.42 Å². The van der Waals surface area contributed by atoms with Gasteiger partial charge in [-0.05, 0) is 23.8 Å². The lowest BCUT2D eigenvalue weighted by molar-refractivity contribution is -0.118. The first-order valence-electron chi connectivity index (χ1n) is 8.61. The molecule has 0 unspecified atom stereocenters. The lowest BCUT2D eigenvalue weighted by atomic mass is 10.0. The van der Waals surface area contributed by atoms with E-state index in [1.54, 1.807) is 29.8 Å². The van der Waals surface area contributed by atoms with Crippen LogP contribution >= 0.6 is 23.1 Å². The van der Waals surface area contributed by atoms with Gasteiger partial charge in [-0.15, -0.1) is 17.9 Å². The molecular formula is C21H22N2O2S2. The maximum atomic E-state index is 12.5. The highest BCUT2D eigenvalue weighted by molar-refractivity contribution is 7.98. The maximum absolute atomic E-state index is 12.5. The largest absolute Gasteiger partial charge is 0.496 e. The molecule has 2 aromatic carbocycles. The van der Waals surface area contributed by atoms with Gasteiger partial charge < -0.3 is 4.74 Å². The zero-order valence-corrected chi connectivity index (χ0v) is 17.1. The first-order chi connectivity index (χ1) is 13.2. The Morgan fingerprint density at radius 1 is 1.30 bits per heavy atom. The summed E-state index contributed by atoms with van der Waals surface area (Å²) in [5.41, 5.74) is 1.89. The summed E-state index contributed by atoms with van der Waals surface area (Å²) in [6, 6.07) is 12.1. The number of hydrogen-bond acceptors (Lipinski definition) is 5. The highest BCUT2D eigenvalue weighted by Gasteiger charge is 2.19. The van der Waals surface area contributed by atoms with Gasteiger partial charge in [0.1, 0.15) is 5.75 Å². The number of benzene rings is 2. The van der Waals surface area contributed by atoms with Gasteiger partial charge in [0.15, 0.2) is 5.13 Å². The standard InChI is InChI=1S/C21H22N2O2S2/c1-4-12-23(20(24)11-13-26-3)21-22-18(14-27-21)16-9-10-19(25-2)17-8-6-5-7-15(16)17/h4-10,14H,1,11-13H2,2-3H3. The van der Waals surface area contributed by atoms with Crippen molar-refractivity contribution in [1.29, 1.82) is 0 Å². The van der Waals surface area contributed by atoms with Gasteiger partial charge in [-0.2, -0.15) is 11.8 Å². The fraction of sp³-hybridized carbons (Fsp3) is 0.238. The summed E-state index contributed by atoms with van der Waals surface area (Å²) < 4.78 is 5.48. The molecule has 6 heteroatoms. The van der Waals surface area contributed by atoms with Crippen LogP contribution in [0.3, 0.4) is 0 Å². The predicted molar refractivity (Wildman–Crippen MR) is 117 cm³/mol. The van der Waals surface area contributed by atoms with E-state index in [1.165, 1.54) is 11.3 Å². The van der Waals surface area contributed by atoms with E-state index in [4.69, 9.17) is 9.72 Å². The Kier molecular flexibility index (Phi) is 6.53. The van der Waals surface area contributed by atoms with Crippen LogP contribution in [0.2, 0.25) is 0 Å². The summed E-state index contributed by atoms with van der Waals surface area (Å²) in [6.07, 6.45) is 4.23. The topological polar surface area (TPSA) is 42.4 Å². The average molecular weight is 399 g/mol. The van der Waals surface area contributed by atoms with Gasteiger partial charge in [0, 0.05) is 35.0 Å². The van der Waals surface area contributed by atoms with Crippen molar-refractivity contribution < 1.29 is 9.53 Å². The fourth-order valence-electron chi connectivity index (χ4n) is 2.92. The highest BCUT2D eigenvalue weighted by atomic mass is 32.2. The van der Waals surface area contributed by atoms with Gasteiger partial charge in [-0.3, -0.25) is 9.69 Å². The molecule has 0 radical (unpaired) electrons. The third kappa shape index (κ3) is 4.17. The molecule has 1 amide bonds. The van der Waals surface area contributed by atoms with Crippen LogP contribution in [0.25, 0.3) is 22.0 Å². The Bertz CT molecular complexity index is 952. The van der Waals surface area contributed by atoms with Gasteiger partial charge in [0.2, 0.25) is 5.91 Å². The molecule has 0 saturated carbocycles. The summed E-state index contributed by atoms with van der Waals surface area (Å²) >= 11 is 3.15. The van der Waals surface area contributed by atoms with E-state index < -0.39 is 0 Å². The molecule has 0 fully saturated rings. The number of hydrogen-bond donors (Lipinski definition) is 0. The van der Waals surface area contributed by atoms with Crippen LogP contribution in [0.4, 0.5) is 5.13 Å². The van der Waals surface area contributed by atoms with E-state index in [2.05, 4.69) is 12.6 Å². The molecule has 1 heterocycles. The van der Waals surface area contributed by atoms with Crippen molar-refractivity contribution in [2.24, 2.45) is 0 Å². The maximum Gasteiger partial charge on any atom is 0.229 e. The number of thiazole rings is 1. The molecule has 0 aliphatic carbocycles. The van der Waals surface area contributed by atoms with Crippen molar-refractivity contribution in [2.45, 2.75) is 6.42 Å². The summed E-state index contributed by atoms with van der Waals surface area (Å²) in [6.45, 7) is 4.24.